The molecule has 0 unspecified atom stereocenters. The third kappa shape index (κ3) is 1.13. The van der Waals surface area contributed by atoms with Crippen molar-refractivity contribution in [3.63, 3.8) is 0 Å². The molecule has 72 valence electrons. The van der Waals surface area contributed by atoms with Gasteiger partial charge in [0.25, 0.3) is 5.69 Å². The van der Waals surface area contributed by atoms with Gasteiger partial charge in [0.1, 0.15) is 6.72 Å². The van der Waals surface area contributed by atoms with Gasteiger partial charge in [-0.05, 0) is 5.92 Å². The molecule has 1 aliphatic rings. The zero-order valence-electron chi connectivity index (χ0n) is 8.28. The summed E-state index contributed by atoms with van der Waals surface area (Å²) in [6, 6.07) is 5.71. The van der Waals surface area contributed by atoms with Crippen LogP contribution in [0.5, 0.6) is 5.75 Å². The molecule has 1 aliphatic heterocycles. The average Bonchev–Trinajstić information content (AvgIpc) is 2.43. The van der Waals surface area contributed by atoms with Crippen LogP contribution in [-0.2, 0) is 0 Å². The maximum atomic E-state index is 11.2. The normalized spacial score (nSPS) is 14.5. The van der Waals surface area contributed by atoms with Crippen molar-refractivity contribution in [3.05, 3.63) is 23.8 Å². The van der Waals surface area contributed by atoms with E-state index in [1.54, 1.807) is 0 Å². The van der Waals surface area contributed by atoms with E-state index in [-0.39, 0.29) is 0 Å². The van der Waals surface area contributed by atoms with Crippen LogP contribution in [0, 0.1) is 0 Å². The molecule has 0 bridgehead atoms. The van der Waals surface area contributed by atoms with Crippen LogP contribution >= 0.6 is 0 Å². The number of hydrogen-bond acceptors (Lipinski definition) is 2. The molecule has 1 amide bonds. The Morgan fingerprint density at radius 2 is 2.14 bits per heavy atom. The molecular weight excluding hydrogens is 178 g/mol. The number of rotatable bonds is 1. The Kier molecular flexibility index (Phi) is 1.88. The Balaban J connectivity index is 2.61. The summed E-state index contributed by atoms with van der Waals surface area (Å²) >= 11 is 0. The van der Waals surface area contributed by atoms with E-state index < -0.39 is 6.09 Å². The van der Waals surface area contributed by atoms with Gasteiger partial charge in [-0.1, -0.05) is 30.6 Å². The second-order valence-electron chi connectivity index (χ2n) is 3.65. The first-order valence-electron chi connectivity index (χ1n) is 4.56. The smallest absolute Gasteiger partial charge is 0.365 e. The lowest BCUT2D eigenvalue weighted by atomic mass is 10.0. The van der Waals surface area contributed by atoms with Gasteiger partial charge < -0.3 is 4.74 Å². The van der Waals surface area contributed by atoms with Crippen molar-refractivity contribution >= 4 is 18.5 Å². The summed E-state index contributed by atoms with van der Waals surface area (Å²) in [6.07, 6.45) is -0.409. The van der Waals surface area contributed by atoms with Gasteiger partial charge in [0.2, 0.25) is 5.75 Å². The quantitative estimate of drug-likeness (QED) is 0.637. The van der Waals surface area contributed by atoms with Gasteiger partial charge in [0.15, 0.2) is 0 Å². The SMILES string of the molecule is C=[N+]1C(=O)Oc2c(C(C)C)cccc21. The summed E-state index contributed by atoms with van der Waals surface area (Å²) in [7, 11) is 0. The van der Waals surface area contributed by atoms with Crippen molar-refractivity contribution < 1.29 is 14.1 Å². The third-order valence-electron chi connectivity index (χ3n) is 2.35. The molecule has 0 atom stereocenters. The number of benzene rings is 1. The van der Waals surface area contributed by atoms with Gasteiger partial charge >= 0.3 is 6.09 Å². The first kappa shape index (κ1) is 8.94. The molecule has 0 aromatic heterocycles. The van der Waals surface area contributed by atoms with E-state index in [1.807, 2.05) is 18.2 Å². The lowest BCUT2D eigenvalue weighted by molar-refractivity contribution is -0.323. The van der Waals surface area contributed by atoms with Crippen molar-refractivity contribution in [2.75, 3.05) is 0 Å². The highest BCUT2D eigenvalue weighted by Crippen LogP contribution is 2.39. The second kappa shape index (κ2) is 2.94. The van der Waals surface area contributed by atoms with Crippen LogP contribution in [0.4, 0.5) is 10.5 Å². The molecule has 0 saturated carbocycles. The van der Waals surface area contributed by atoms with E-state index >= 15 is 0 Å². The number of carbonyl (C=O) groups excluding carboxylic acids is 1. The summed E-state index contributed by atoms with van der Waals surface area (Å²) < 4.78 is 6.42. The van der Waals surface area contributed by atoms with Gasteiger partial charge in [0, 0.05) is 11.6 Å². The zero-order chi connectivity index (χ0) is 10.3. The highest BCUT2D eigenvalue weighted by molar-refractivity contribution is 5.77. The van der Waals surface area contributed by atoms with Crippen molar-refractivity contribution in [3.8, 4) is 5.75 Å². The molecule has 14 heavy (non-hydrogen) atoms. The molecule has 0 fully saturated rings. The number of carbonyl (C=O) groups is 1. The predicted molar refractivity (Wildman–Crippen MR) is 53.6 cm³/mol. The van der Waals surface area contributed by atoms with Crippen molar-refractivity contribution in [1.82, 2.24) is 0 Å². The zero-order valence-corrected chi connectivity index (χ0v) is 8.28. The van der Waals surface area contributed by atoms with E-state index in [4.69, 9.17) is 4.74 Å². The topological polar surface area (TPSA) is 29.3 Å². The molecule has 0 spiro atoms. The highest BCUT2D eigenvalue weighted by Gasteiger charge is 2.36. The van der Waals surface area contributed by atoms with Gasteiger partial charge in [-0.25, -0.2) is 0 Å². The molecule has 1 aromatic carbocycles. The monoisotopic (exact) mass is 190 g/mol. The lowest BCUT2D eigenvalue weighted by Crippen LogP contribution is -2.09. The molecule has 1 heterocycles. The molecular formula is C11H12NO2+. The Hall–Kier alpha value is -1.64. The van der Waals surface area contributed by atoms with E-state index in [9.17, 15) is 4.79 Å². The fourth-order valence-electron chi connectivity index (χ4n) is 1.56. The van der Waals surface area contributed by atoms with Crippen molar-refractivity contribution in [1.29, 1.82) is 0 Å². The van der Waals surface area contributed by atoms with E-state index in [1.165, 1.54) is 4.58 Å². The minimum absolute atomic E-state index is 0.337. The average molecular weight is 190 g/mol. The van der Waals surface area contributed by atoms with Crippen molar-refractivity contribution in [2.24, 2.45) is 0 Å². The molecule has 0 aliphatic carbocycles. The summed E-state index contributed by atoms with van der Waals surface area (Å²) in [4.78, 5) is 11.2. The number of amides is 1. The van der Waals surface area contributed by atoms with Crippen LogP contribution in [-0.4, -0.2) is 17.4 Å². The summed E-state index contributed by atoms with van der Waals surface area (Å²) in [5, 5.41) is 0. The molecule has 0 saturated heterocycles. The molecule has 0 radical (unpaired) electrons. The summed E-state index contributed by atoms with van der Waals surface area (Å²) in [5.41, 5.74) is 1.79. The summed E-state index contributed by atoms with van der Waals surface area (Å²) in [5.74, 6) is 0.992. The predicted octanol–water partition coefficient (Wildman–Crippen LogP) is 2.67. The van der Waals surface area contributed by atoms with E-state index in [0.717, 1.165) is 11.3 Å². The maximum absolute atomic E-state index is 11.2. The fraction of sp³-hybridized carbons (Fsp3) is 0.273. The minimum Gasteiger partial charge on any atom is -0.365 e. The fourth-order valence-corrected chi connectivity index (χ4v) is 1.56. The maximum Gasteiger partial charge on any atom is 0.607 e. The summed E-state index contributed by atoms with van der Waals surface area (Å²) in [6.45, 7) is 7.75. The van der Waals surface area contributed by atoms with E-state index in [2.05, 4.69) is 20.6 Å². The first-order chi connectivity index (χ1) is 6.61. The molecule has 1 aromatic rings. The van der Waals surface area contributed by atoms with Gasteiger partial charge in [-0.3, -0.25) is 0 Å². The number of para-hydroxylation sites is 1. The number of nitrogens with zero attached hydrogens (tertiary/aromatic N) is 1. The molecule has 3 heteroatoms. The van der Waals surface area contributed by atoms with Gasteiger partial charge in [0.05, 0.1) is 0 Å². The van der Waals surface area contributed by atoms with Crippen LogP contribution in [0.3, 0.4) is 0 Å². The molecule has 3 nitrogen and oxygen atoms in total. The number of ether oxygens (including phenoxy) is 1. The third-order valence-corrected chi connectivity index (χ3v) is 2.35. The minimum atomic E-state index is -0.409. The highest BCUT2D eigenvalue weighted by atomic mass is 16.6. The van der Waals surface area contributed by atoms with Crippen LogP contribution in [0.15, 0.2) is 18.2 Å². The van der Waals surface area contributed by atoms with Crippen LogP contribution in [0.2, 0.25) is 0 Å². The van der Waals surface area contributed by atoms with Crippen LogP contribution in [0.1, 0.15) is 25.3 Å². The number of fused-ring (bicyclic) bond motifs is 1. The first-order valence-corrected chi connectivity index (χ1v) is 4.56. The Labute approximate surface area is 82.6 Å². The van der Waals surface area contributed by atoms with E-state index in [0.29, 0.717) is 11.7 Å². The van der Waals surface area contributed by atoms with Crippen molar-refractivity contribution in [2.45, 2.75) is 19.8 Å². The van der Waals surface area contributed by atoms with Crippen LogP contribution < -0.4 is 4.74 Å². The van der Waals surface area contributed by atoms with Gasteiger partial charge in [-0.2, -0.15) is 4.79 Å². The largest absolute Gasteiger partial charge is 0.607 e. The second-order valence-corrected chi connectivity index (χ2v) is 3.65. The Morgan fingerprint density at radius 3 is 2.79 bits per heavy atom. The standard InChI is InChI=1S/C11H12NO2/c1-7(2)8-5-4-6-9-10(8)14-11(13)12(9)3/h4-7H,3H2,1-2H3/q+1. The molecule has 0 N–H and O–H groups in total. The molecule has 2 rings (SSSR count). The number of hydrogen-bond donors (Lipinski definition) is 0. The Morgan fingerprint density at radius 1 is 1.43 bits per heavy atom. The lowest BCUT2D eigenvalue weighted by Gasteiger charge is -2.05. The van der Waals surface area contributed by atoms with Crippen LogP contribution in [0.25, 0.3) is 0 Å². The van der Waals surface area contributed by atoms with Gasteiger partial charge in [-0.15, -0.1) is 0 Å². The Bertz CT molecular complexity index is 421.